The molecule has 3 aliphatic rings. The van der Waals surface area contributed by atoms with Crippen molar-refractivity contribution in [2.45, 2.75) is 80.1 Å². The molecule has 4 unspecified atom stereocenters. The Morgan fingerprint density at radius 1 is 0.450 bits per heavy atom. The van der Waals surface area contributed by atoms with E-state index in [0.717, 1.165) is 35.5 Å². The second-order valence-corrected chi connectivity index (χ2v) is 10.6. The quantitative estimate of drug-likeness (QED) is 0.497. The molecular weight excluding hydrogens is 240 g/mol. The van der Waals surface area contributed by atoms with Gasteiger partial charge in [-0.1, -0.05) is 41.5 Å². The van der Waals surface area contributed by atoms with Crippen LogP contribution in [0.3, 0.4) is 0 Å². The minimum atomic E-state index is 0.542. The SMILES string of the molecule is CC(C)(C)C1CC2CC3CC(C(C)(C)C)CC3CC2C1. The van der Waals surface area contributed by atoms with E-state index in [0.29, 0.717) is 10.8 Å². The highest BCUT2D eigenvalue weighted by Crippen LogP contribution is 2.59. The Morgan fingerprint density at radius 2 is 0.700 bits per heavy atom. The minimum absolute atomic E-state index is 0.542. The van der Waals surface area contributed by atoms with E-state index in [1.165, 1.54) is 25.7 Å². The molecule has 0 bridgehead atoms. The lowest BCUT2D eigenvalue weighted by Crippen LogP contribution is -2.25. The maximum Gasteiger partial charge on any atom is -0.0354 e. The summed E-state index contributed by atoms with van der Waals surface area (Å²) in [6.45, 7) is 14.8. The van der Waals surface area contributed by atoms with Crippen LogP contribution in [0.15, 0.2) is 0 Å². The smallest absolute Gasteiger partial charge is 0.0354 e. The van der Waals surface area contributed by atoms with Gasteiger partial charge >= 0.3 is 0 Å². The van der Waals surface area contributed by atoms with Gasteiger partial charge in [-0.15, -0.1) is 0 Å². The second kappa shape index (κ2) is 4.75. The highest BCUT2D eigenvalue weighted by Gasteiger charge is 2.49. The molecule has 0 heteroatoms. The fourth-order valence-electron chi connectivity index (χ4n) is 5.77. The van der Waals surface area contributed by atoms with E-state index in [1.54, 1.807) is 12.8 Å². The normalized spacial score (nSPS) is 45.3. The van der Waals surface area contributed by atoms with Crippen LogP contribution in [-0.4, -0.2) is 0 Å². The summed E-state index contributed by atoms with van der Waals surface area (Å²) >= 11 is 0. The first-order chi connectivity index (χ1) is 9.14. The lowest BCUT2D eigenvalue weighted by atomic mass is 9.71. The van der Waals surface area contributed by atoms with Gasteiger partial charge in [-0.3, -0.25) is 0 Å². The van der Waals surface area contributed by atoms with E-state index in [2.05, 4.69) is 41.5 Å². The molecular formula is C20H36. The van der Waals surface area contributed by atoms with Gasteiger partial charge in [0.15, 0.2) is 0 Å². The summed E-state index contributed by atoms with van der Waals surface area (Å²) in [5, 5.41) is 0. The first-order valence-electron chi connectivity index (χ1n) is 9.14. The lowest BCUT2D eigenvalue weighted by molar-refractivity contribution is 0.157. The van der Waals surface area contributed by atoms with Gasteiger partial charge in [0.25, 0.3) is 0 Å². The van der Waals surface area contributed by atoms with E-state index in [1.807, 2.05) is 0 Å². The number of rotatable bonds is 0. The molecule has 3 saturated carbocycles. The Labute approximate surface area is 127 Å². The van der Waals surface area contributed by atoms with Crippen LogP contribution >= 0.6 is 0 Å². The number of hydrogen-bond acceptors (Lipinski definition) is 0. The van der Waals surface area contributed by atoms with Gasteiger partial charge in [0.2, 0.25) is 0 Å². The number of hydrogen-bond donors (Lipinski definition) is 0. The predicted molar refractivity (Wildman–Crippen MR) is 87.6 cm³/mol. The summed E-state index contributed by atoms with van der Waals surface area (Å²) in [5.41, 5.74) is 1.08. The first kappa shape index (κ1) is 14.9. The van der Waals surface area contributed by atoms with Crippen LogP contribution in [0.5, 0.6) is 0 Å². The van der Waals surface area contributed by atoms with E-state index >= 15 is 0 Å². The molecule has 0 amide bonds. The molecule has 0 N–H and O–H groups in total. The third-order valence-corrected chi connectivity index (χ3v) is 7.34. The Hall–Kier alpha value is 0. The fourth-order valence-corrected chi connectivity index (χ4v) is 5.77. The Morgan fingerprint density at radius 3 is 0.900 bits per heavy atom. The molecule has 0 aliphatic heterocycles. The van der Waals surface area contributed by atoms with Gasteiger partial charge < -0.3 is 0 Å². The summed E-state index contributed by atoms with van der Waals surface area (Å²) in [4.78, 5) is 0. The van der Waals surface area contributed by atoms with Crippen LogP contribution in [0, 0.1) is 46.3 Å². The summed E-state index contributed by atoms with van der Waals surface area (Å²) in [7, 11) is 0. The standard InChI is InChI=1S/C20H36/c1-19(2,3)17-9-13-7-15-11-18(20(4,5)6)12-16(15)8-14(13)10-17/h13-18H,7-12H2,1-6H3. The third kappa shape index (κ3) is 2.69. The van der Waals surface area contributed by atoms with E-state index in [-0.39, 0.29) is 0 Å². The van der Waals surface area contributed by atoms with Crippen LogP contribution in [0.1, 0.15) is 80.1 Å². The lowest BCUT2D eigenvalue weighted by Gasteiger charge is -2.34. The zero-order chi connectivity index (χ0) is 14.7. The molecule has 3 fully saturated rings. The van der Waals surface area contributed by atoms with Gasteiger partial charge in [-0.25, -0.2) is 0 Å². The van der Waals surface area contributed by atoms with E-state index in [4.69, 9.17) is 0 Å². The van der Waals surface area contributed by atoms with Crippen molar-refractivity contribution in [2.24, 2.45) is 46.3 Å². The van der Waals surface area contributed by atoms with Crippen molar-refractivity contribution in [1.82, 2.24) is 0 Å². The first-order valence-corrected chi connectivity index (χ1v) is 9.14. The predicted octanol–water partition coefficient (Wildman–Crippen LogP) is 6.16. The molecule has 0 aromatic carbocycles. The number of fused-ring (bicyclic) bond motifs is 2. The Balaban J connectivity index is 1.65. The molecule has 3 aliphatic carbocycles. The van der Waals surface area contributed by atoms with Crippen molar-refractivity contribution >= 4 is 0 Å². The molecule has 0 spiro atoms. The van der Waals surface area contributed by atoms with Crippen molar-refractivity contribution in [1.29, 1.82) is 0 Å². The van der Waals surface area contributed by atoms with Crippen molar-refractivity contribution in [2.75, 3.05) is 0 Å². The second-order valence-electron chi connectivity index (χ2n) is 10.6. The molecule has 20 heavy (non-hydrogen) atoms. The average Bonchev–Trinajstić information content (AvgIpc) is 2.85. The van der Waals surface area contributed by atoms with E-state index in [9.17, 15) is 0 Å². The van der Waals surface area contributed by atoms with Crippen molar-refractivity contribution in [3.63, 3.8) is 0 Å². The summed E-state index contributed by atoms with van der Waals surface area (Å²) < 4.78 is 0. The molecule has 116 valence electrons. The van der Waals surface area contributed by atoms with E-state index < -0.39 is 0 Å². The Kier molecular flexibility index (Phi) is 3.54. The van der Waals surface area contributed by atoms with Crippen molar-refractivity contribution < 1.29 is 0 Å². The van der Waals surface area contributed by atoms with Crippen LogP contribution in [0.4, 0.5) is 0 Å². The molecule has 0 saturated heterocycles. The molecule has 0 radical (unpaired) electrons. The molecule has 0 heterocycles. The molecule has 0 nitrogen and oxygen atoms in total. The highest BCUT2D eigenvalue weighted by atomic mass is 14.5. The Bertz CT molecular complexity index is 297. The monoisotopic (exact) mass is 276 g/mol. The topological polar surface area (TPSA) is 0 Å². The molecule has 4 atom stereocenters. The summed E-state index contributed by atoms with van der Waals surface area (Å²) in [6.07, 6.45) is 9.31. The highest BCUT2D eigenvalue weighted by molar-refractivity contribution is 4.99. The van der Waals surface area contributed by atoms with Crippen LogP contribution in [-0.2, 0) is 0 Å². The van der Waals surface area contributed by atoms with Crippen molar-refractivity contribution in [3.8, 4) is 0 Å². The maximum absolute atomic E-state index is 2.46. The molecule has 0 aromatic heterocycles. The van der Waals surface area contributed by atoms with Crippen LogP contribution in [0.2, 0.25) is 0 Å². The van der Waals surface area contributed by atoms with Gasteiger partial charge in [-0.05, 0) is 84.9 Å². The molecule has 0 aromatic rings. The largest absolute Gasteiger partial charge is 0.0599 e. The van der Waals surface area contributed by atoms with Crippen LogP contribution < -0.4 is 0 Å². The fraction of sp³-hybridized carbons (Fsp3) is 1.00. The minimum Gasteiger partial charge on any atom is -0.0599 e. The van der Waals surface area contributed by atoms with Gasteiger partial charge in [0.05, 0.1) is 0 Å². The third-order valence-electron chi connectivity index (χ3n) is 7.34. The zero-order valence-corrected chi connectivity index (χ0v) is 14.7. The van der Waals surface area contributed by atoms with Crippen LogP contribution in [0.25, 0.3) is 0 Å². The van der Waals surface area contributed by atoms with Gasteiger partial charge in [-0.2, -0.15) is 0 Å². The van der Waals surface area contributed by atoms with Gasteiger partial charge in [0, 0.05) is 0 Å². The summed E-state index contributed by atoms with van der Waals surface area (Å²) in [6, 6.07) is 0. The van der Waals surface area contributed by atoms with Gasteiger partial charge in [0.1, 0.15) is 0 Å². The van der Waals surface area contributed by atoms with Crippen molar-refractivity contribution in [3.05, 3.63) is 0 Å². The molecule has 3 rings (SSSR count). The average molecular weight is 277 g/mol. The summed E-state index contributed by atoms with van der Waals surface area (Å²) in [5.74, 6) is 6.32. The zero-order valence-electron chi connectivity index (χ0n) is 14.7. The maximum atomic E-state index is 2.46.